The maximum absolute atomic E-state index is 5.81. The van der Waals surface area contributed by atoms with Crippen LogP contribution in [-0.2, 0) is 0 Å². The number of hydrogen-bond donors (Lipinski definition) is 2. The van der Waals surface area contributed by atoms with E-state index in [1.165, 1.54) is 0 Å². The van der Waals surface area contributed by atoms with Gasteiger partial charge in [-0.15, -0.1) is 0 Å². The van der Waals surface area contributed by atoms with Gasteiger partial charge in [-0.25, -0.2) is 4.98 Å². The monoisotopic (exact) mass is 312 g/mol. The van der Waals surface area contributed by atoms with Crippen molar-refractivity contribution < 1.29 is 0 Å². The largest absolute Gasteiger partial charge is 0.368 e. The molecule has 88 valence electrons. The van der Waals surface area contributed by atoms with Gasteiger partial charge in [0.1, 0.15) is 0 Å². The van der Waals surface area contributed by atoms with E-state index in [1.54, 1.807) is 12.1 Å². The van der Waals surface area contributed by atoms with Crippen LogP contribution in [0, 0.1) is 6.92 Å². The van der Waals surface area contributed by atoms with Gasteiger partial charge >= 0.3 is 0 Å². The Morgan fingerprint density at radius 1 is 1.24 bits per heavy atom. The average molecular weight is 314 g/mol. The minimum Gasteiger partial charge on any atom is -0.368 e. The van der Waals surface area contributed by atoms with Gasteiger partial charge in [-0.05, 0) is 47.1 Å². The van der Waals surface area contributed by atoms with Gasteiger partial charge in [0.2, 0.25) is 5.95 Å². The standard InChI is InChI=1S/C11H10BrClN4/c1-6-9(12)10(17-11(14)15-6)16-8-4-2-7(13)3-5-8/h2-5H,1H3,(H3,14,15,16,17). The summed E-state index contributed by atoms with van der Waals surface area (Å²) < 4.78 is 0.793. The third-order valence-electron chi connectivity index (χ3n) is 2.14. The second-order valence-electron chi connectivity index (χ2n) is 3.46. The van der Waals surface area contributed by atoms with E-state index in [-0.39, 0.29) is 5.95 Å². The Kier molecular flexibility index (Phi) is 3.49. The summed E-state index contributed by atoms with van der Waals surface area (Å²) in [6.45, 7) is 1.86. The van der Waals surface area contributed by atoms with Gasteiger partial charge in [0, 0.05) is 10.7 Å². The van der Waals surface area contributed by atoms with Gasteiger partial charge < -0.3 is 11.1 Å². The van der Waals surface area contributed by atoms with Crippen molar-refractivity contribution in [2.24, 2.45) is 0 Å². The molecule has 0 aliphatic rings. The number of anilines is 3. The third-order valence-corrected chi connectivity index (χ3v) is 3.34. The van der Waals surface area contributed by atoms with Crippen molar-refractivity contribution in [2.45, 2.75) is 6.92 Å². The van der Waals surface area contributed by atoms with Crippen molar-refractivity contribution in [2.75, 3.05) is 11.1 Å². The zero-order valence-corrected chi connectivity index (χ0v) is 11.4. The van der Waals surface area contributed by atoms with Crippen molar-refractivity contribution >= 4 is 45.0 Å². The first-order valence-electron chi connectivity index (χ1n) is 4.88. The van der Waals surface area contributed by atoms with Crippen LogP contribution in [0.15, 0.2) is 28.7 Å². The molecule has 0 radical (unpaired) electrons. The van der Waals surface area contributed by atoms with Crippen LogP contribution in [0.2, 0.25) is 5.02 Å². The number of nitrogens with one attached hydrogen (secondary N) is 1. The lowest BCUT2D eigenvalue weighted by Gasteiger charge is -2.09. The van der Waals surface area contributed by atoms with Gasteiger partial charge in [0.25, 0.3) is 0 Å². The van der Waals surface area contributed by atoms with E-state index in [0.717, 1.165) is 15.9 Å². The Labute approximate surface area is 112 Å². The highest BCUT2D eigenvalue weighted by Gasteiger charge is 2.07. The molecule has 3 N–H and O–H groups in total. The number of rotatable bonds is 2. The molecule has 0 bridgehead atoms. The minimum atomic E-state index is 0.238. The molecule has 0 saturated carbocycles. The SMILES string of the molecule is Cc1nc(N)nc(Nc2ccc(Cl)cc2)c1Br. The first-order valence-corrected chi connectivity index (χ1v) is 6.05. The Bertz CT molecular complexity index is 542. The van der Waals surface area contributed by atoms with Crippen LogP contribution in [-0.4, -0.2) is 9.97 Å². The van der Waals surface area contributed by atoms with Gasteiger partial charge in [-0.3, -0.25) is 0 Å². The number of nitrogens with zero attached hydrogens (tertiary/aromatic N) is 2. The summed E-state index contributed by atoms with van der Waals surface area (Å²) in [4.78, 5) is 8.18. The van der Waals surface area contributed by atoms with Crippen LogP contribution < -0.4 is 11.1 Å². The highest BCUT2D eigenvalue weighted by atomic mass is 79.9. The lowest BCUT2D eigenvalue weighted by molar-refractivity contribution is 1.10. The molecule has 0 atom stereocenters. The fourth-order valence-electron chi connectivity index (χ4n) is 1.33. The predicted molar refractivity (Wildman–Crippen MR) is 73.6 cm³/mol. The normalized spacial score (nSPS) is 10.3. The van der Waals surface area contributed by atoms with E-state index in [2.05, 4.69) is 31.2 Å². The van der Waals surface area contributed by atoms with Crippen LogP contribution in [0.25, 0.3) is 0 Å². The fourth-order valence-corrected chi connectivity index (χ4v) is 1.74. The molecule has 6 heteroatoms. The van der Waals surface area contributed by atoms with E-state index in [9.17, 15) is 0 Å². The molecule has 0 amide bonds. The molecule has 0 aliphatic heterocycles. The molecular formula is C11H10BrClN4. The Balaban J connectivity index is 2.32. The lowest BCUT2D eigenvalue weighted by Crippen LogP contribution is -2.03. The summed E-state index contributed by atoms with van der Waals surface area (Å²) in [5, 5.41) is 3.83. The van der Waals surface area contributed by atoms with Crippen molar-refractivity contribution in [1.29, 1.82) is 0 Å². The zero-order chi connectivity index (χ0) is 12.4. The van der Waals surface area contributed by atoms with E-state index in [1.807, 2.05) is 19.1 Å². The van der Waals surface area contributed by atoms with E-state index in [0.29, 0.717) is 10.8 Å². The van der Waals surface area contributed by atoms with E-state index in [4.69, 9.17) is 17.3 Å². The highest BCUT2D eigenvalue weighted by molar-refractivity contribution is 9.10. The summed E-state index contributed by atoms with van der Waals surface area (Å²) in [5.74, 6) is 0.875. The van der Waals surface area contributed by atoms with Crippen molar-refractivity contribution in [3.63, 3.8) is 0 Å². The molecule has 2 aromatic rings. The van der Waals surface area contributed by atoms with Gasteiger partial charge in [-0.1, -0.05) is 11.6 Å². The molecule has 1 heterocycles. The number of nitrogen functional groups attached to an aromatic ring is 1. The second kappa shape index (κ2) is 4.89. The zero-order valence-electron chi connectivity index (χ0n) is 9.04. The molecule has 2 rings (SSSR count). The van der Waals surface area contributed by atoms with Crippen LogP contribution in [0.3, 0.4) is 0 Å². The van der Waals surface area contributed by atoms with Gasteiger partial charge in [-0.2, -0.15) is 4.98 Å². The van der Waals surface area contributed by atoms with E-state index < -0.39 is 0 Å². The molecule has 0 saturated heterocycles. The third kappa shape index (κ3) is 2.87. The Morgan fingerprint density at radius 2 is 1.88 bits per heavy atom. The summed E-state index contributed by atoms with van der Waals surface area (Å²) in [7, 11) is 0. The molecule has 0 spiro atoms. The topological polar surface area (TPSA) is 63.8 Å². The number of aryl methyl sites for hydroxylation is 1. The lowest BCUT2D eigenvalue weighted by atomic mass is 10.3. The molecule has 0 fully saturated rings. The molecule has 1 aromatic heterocycles. The Morgan fingerprint density at radius 3 is 2.53 bits per heavy atom. The minimum absolute atomic E-state index is 0.238. The summed E-state index contributed by atoms with van der Waals surface area (Å²) in [6, 6.07) is 7.33. The van der Waals surface area contributed by atoms with Crippen molar-refractivity contribution in [3.05, 3.63) is 39.5 Å². The Hall–Kier alpha value is -1.33. The molecule has 4 nitrogen and oxygen atoms in total. The first kappa shape index (κ1) is 12.1. The second-order valence-corrected chi connectivity index (χ2v) is 4.69. The van der Waals surface area contributed by atoms with Crippen LogP contribution in [0.1, 0.15) is 5.69 Å². The summed E-state index contributed by atoms with van der Waals surface area (Å²) in [6.07, 6.45) is 0. The molecular weight excluding hydrogens is 304 g/mol. The smallest absolute Gasteiger partial charge is 0.222 e. The molecule has 17 heavy (non-hydrogen) atoms. The average Bonchev–Trinajstić information content (AvgIpc) is 2.28. The number of hydrogen-bond acceptors (Lipinski definition) is 4. The summed E-state index contributed by atoms with van der Waals surface area (Å²) >= 11 is 9.23. The molecule has 0 aliphatic carbocycles. The number of benzene rings is 1. The van der Waals surface area contributed by atoms with Gasteiger partial charge in [0.15, 0.2) is 5.82 Å². The number of nitrogens with two attached hydrogens (primary N) is 1. The highest BCUT2D eigenvalue weighted by Crippen LogP contribution is 2.27. The number of halogens is 2. The number of aromatic nitrogens is 2. The fraction of sp³-hybridized carbons (Fsp3) is 0.0909. The van der Waals surface area contributed by atoms with E-state index >= 15 is 0 Å². The van der Waals surface area contributed by atoms with Crippen LogP contribution in [0.5, 0.6) is 0 Å². The van der Waals surface area contributed by atoms with Gasteiger partial charge in [0.05, 0.1) is 10.2 Å². The van der Waals surface area contributed by atoms with Crippen molar-refractivity contribution in [1.82, 2.24) is 9.97 Å². The predicted octanol–water partition coefficient (Wildman–Crippen LogP) is 3.53. The first-order chi connectivity index (χ1) is 8.06. The molecule has 0 unspecified atom stereocenters. The maximum atomic E-state index is 5.81. The molecule has 1 aromatic carbocycles. The van der Waals surface area contributed by atoms with Crippen molar-refractivity contribution in [3.8, 4) is 0 Å². The quantitative estimate of drug-likeness (QED) is 0.890. The maximum Gasteiger partial charge on any atom is 0.222 e. The van der Waals surface area contributed by atoms with Crippen LogP contribution >= 0.6 is 27.5 Å². The van der Waals surface area contributed by atoms with Crippen LogP contribution in [0.4, 0.5) is 17.5 Å². The summed E-state index contributed by atoms with van der Waals surface area (Å²) in [5.41, 5.74) is 7.27.